The van der Waals surface area contributed by atoms with Crippen molar-refractivity contribution in [3.05, 3.63) is 35.8 Å². The number of nitrogens with one attached hydrogen (secondary N) is 3. The summed E-state index contributed by atoms with van der Waals surface area (Å²) in [6.07, 6.45) is 7.74. The molecular weight excluding hydrogens is 513 g/mol. The summed E-state index contributed by atoms with van der Waals surface area (Å²) in [4.78, 5) is 47.2. The fourth-order valence-electron chi connectivity index (χ4n) is 7.14. The van der Waals surface area contributed by atoms with E-state index in [9.17, 15) is 18.8 Å². The summed E-state index contributed by atoms with van der Waals surface area (Å²) >= 11 is 0. The maximum atomic E-state index is 14.4. The molecule has 2 aromatic rings. The fourth-order valence-corrected chi connectivity index (χ4v) is 7.14. The predicted molar refractivity (Wildman–Crippen MR) is 150 cm³/mol. The lowest BCUT2D eigenvalue weighted by atomic mass is 9.82. The molecule has 1 aliphatic carbocycles. The van der Waals surface area contributed by atoms with Crippen LogP contribution in [0.3, 0.4) is 0 Å². The van der Waals surface area contributed by atoms with Gasteiger partial charge in [-0.05, 0) is 69.8 Å². The van der Waals surface area contributed by atoms with Crippen LogP contribution in [0.4, 0.5) is 4.39 Å². The van der Waals surface area contributed by atoms with Crippen molar-refractivity contribution in [1.29, 1.82) is 0 Å². The number of ether oxygens (including phenoxy) is 1. The van der Waals surface area contributed by atoms with Gasteiger partial charge in [0.05, 0.1) is 25.2 Å². The molecule has 3 fully saturated rings. The Bertz CT molecular complexity index is 1230. The highest BCUT2D eigenvalue weighted by Gasteiger charge is 2.53. The van der Waals surface area contributed by atoms with Crippen LogP contribution in [0.2, 0.25) is 0 Å². The van der Waals surface area contributed by atoms with Gasteiger partial charge >= 0.3 is 5.97 Å². The number of nitrogens with zero attached hydrogens (tertiary/aromatic N) is 2. The van der Waals surface area contributed by atoms with Crippen LogP contribution in [-0.2, 0) is 19.1 Å². The topological polar surface area (TPSA) is 107 Å². The molecule has 0 radical (unpaired) electrons. The Morgan fingerprint density at radius 3 is 2.67 bits per heavy atom. The van der Waals surface area contributed by atoms with Crippen molar-refractivity contribution in [3.8, 4) is 0 Å². The van der Waals surface area contributed by atoms with Crippen molar-refractivity contribution < 1.29 is 23.5 Å². The molecule has 2 saturated heterocycles. The number of amides is 2. The zero-order chi connectivity index (χ0) is 28.4. The monoisotopic (exact) mass is 555 g/mol. The highest BCUT2D eigenvalue weighted by molar-refractivity contribution is 5.90. The number of aromatic amines is 1. The number of H-pyrrole nitrogens is 1. The molecule has 1 aromatic heterocycles. The fraction of sp³-hybridized carbons (Fsp3) is 0.633. The van der Waals surface area contributed by atoms with Gasteiger partial charge < -0.3 is 25.3 Å². The minimum absolute atomic E-state index is 0.0114. The number of hydrogen-bond acceptors (Lipinski definition) is 6. The molecule has 0 bridgehead atoms. The Morgan fingerprint density at radius 2 is 1.95 bits per heavy atom. The van der Waals surface area contributed by atoms with E-state index in [1.54, 1.807) is 27.0 Å². The van der Waals surface area contributed by atoms with Gasteiger partial charge in [-0.3, -0.25) is 19.3 Å². The lowest BCUT2D eigenvalue weighted by Gasteiger charge is -2.36. The second-order valence-corrected chi connectivity index (χ2v) is 11.5. The maximum absolute atomic E-state index is 14.4. The minimum atomic E-state index is -0.584. The molecule has 5 rings (SSSR count). The Morgan fingerprint density at radius 1 is 1.18 bits per heavy atom. The Kier molecular flexibility index (Phi) is 8.75. The number of aromatic nitrogens is 1. The van der Waals surface area contributed by atoms with Gasteiger partial charge in [-0.2, -0.15) is 0 Å². The number of hydrogen-bond donors (Lipinski definition) is 3. The minimum Gasteiger partial charge on any atom is -0.465 e. The molecule has 5 atom stereocenters. The second kappa shape index (κ2) is 12.3. The molecule has 40 heavy (non-hydrogen) atoms. The van der Waals surface area contributed by atoms with Gasteiger partial charge in [0, 0.05) is 42.1 Å². The molecule has 3 heterocycles. The third-order valence-corrected chi connectivity index (χ3v) is 9.24. The molecule has 0 spiro atoms. The van der Waals surface area contributed by atoms with E-state index in [4.69, 9.17) is 4.74 Å². The number of esters is 1. The van der Waals surface area contributed by atoms with E-state index in [2.05, 4.69) is 20.5 Å². The largest absolute Gasteiger partial charge is 0.465 e. The van der Waals surface area contributed by atoms with E-state index in [0.29, 0.717) is 25.2 Å². The van der Waals surface area contributed by atoms with Gasteiger partial charge in [0.2, 0.25) is 11.8 Å². The average Bonchev–Trinajstić information content (AvgIpc) is 3.66. The lowest BCUT2D eigenvalue weighted by molar-refractivity contribution is -0.144. The summed E-state index contributed by atoms with van der Waals surface area (Å²) in [6.45, 7) is 5.21. The number of fused-ring (bicyclic) bond motifs is 2. The summed E-state index contributed by atoms with van der Waals surface area (Å²) < 4.78 is 19.2. The first-order valence-corrected chi connectivity index (χ1v) is 14.8. The molecule has 10 heteroatoms. The first-order chi connectivity index (χ1) is 19.3. The zero-order valence-electron chi connectivity index (χ0n) is 23.7. The predicted octanol–water partition coefficient (Wildman–Crippen LogP) is 2.91. The number of carbonyl (C=O) groups is 3. The molecule has 9 nitrogen and oxygen atoms in total. The first-order valence-electron chi connectivity index (χ1n) is 14.8. The lowest BCUT2D eigenvalue weighted by Crippen LogP contribution is -2.57. The van der Waals surface area contributed by atoms with Crippen LogP contribution in [0.1, 0.15) is 63.9 Å². The van der Waals surface area contributed by atoms with E-state index < -0.39 is 12.1 Å². The average molecular weight is 556 g/mol. The van der Waals surface area contributed by atoms with Gasteiger partial charge in [0.15, 0.2) is 0 Å². The maximum Gasteiger partial charge on any atom is 0.320 e. The number of halogens is 1. The van der Waals surface area contributed by atoms with Gasteiger partial charge in [-0.15, -0.1) is 0 Å². The Labute approximate surface area is 235 Å². The molecule has 1 saturated carbocycles. The molecule has 3 N–H and O–H groups in total. The highest BCUT2D eigenvalue weighted by atomic mass is 19.1. The summed E-state index contributed by atoms with van der Waals surface area (Å²) in [5.74, 6) is -0.781. The number of benzene rings is 1. The molecule has 1 aromatic carbocycles. The van der Waals surface area contributed by atoms with Crippen LogP contribution in [0, 0.1) is 11.7 Å². The van der Waals surface area contributed by atoms with Gasteiger partial charge in [-0.25, -0.2) is 4.39 Å². The Balaban J connectivity index is 1.47. The molecule has 2 amide bonds. The Hall–Kier alpha value is -2.98. The van der Waals surface area contributed by atoms with Crippen LogP contribution >= 0.6 is 0 Å². The number of rotatable bonds is 9. The van der Waals surface area contributed by atoms with Crippen molar-refractivity contribution in [1.82, 2.24) is 25.4 Å². The summed E-state index contributed by atoms with van der Waals surface area (Å²) in [5.41, 5.74) is 1.72. The molecule has 218 valence electrons. The normalized spacial score (nSPS) is 25.1. The molecular formula is C30H42FN5O4. The van der Waals surface area contributed by atoms with Crippen LogP contribution in [-0.4, -0.2) is 90.0 Å². The van der Waals surface area contributed by atoms with Gasteiger partial charge in [0.25, 0.3) is 0 Å². The van der Waals surface area contributed by atoms with Crippen molar-refractivity contribution in [3.63, 3.8) is 0 Å². The summed E-state index contributed by atoms with van der Waals surface area (Å²) in [5, 5.41) is 7.01. The smallest absolute Gasteiger partial charge is 0.320 e. The van der Waals surface area contributed by atoms with Crippen LogP contribution in [0.15, 0.2) is 24.4 Å². The SMILES string of the molecule is CCOC(=O)CN1CC(c2c[nH]c3cc(F)ccc23)C2C1CCN2C(=O)C(NC(=O)C(C)NC)C1CCCCC1. The van der Waals surface area contributed by atoms with Crippen LogP contribution < -0.4 is 10.6 Å². The van der Waals surface area contributed by atoms with Gasteiger partial charge in [0.1, 0.15) is 11.9 Å². The van der Waals surface area contributed by atoms with E-state index in [0.717, 1.165) is 49.5 Å². The standard InChI is InChI=1S/C30H42FN5O4/c1-4-40-26(37)17-35-16-23(22-15-33-24-14-20(31)10-11-21(22)24)28-25(35)12-13-36(28)30(39)27(19-8-6-5-7-9-19)34-29(38)18(2)32-3/h10-11,14-15,18-19,23,25,27-28,32-33H,4-9,12-13,16-17H2,1-3H3,(H,34,38). The number of likely N-dealkylation sites (N-methyl/N-ethyl adjacent to an activating group) is 1. The van der Waals surface area contributed by atoms with Crippen LogP contribution in [0.5, 0.6) is 0 Å². The highest BCUT2D eigenvalue weighted by Crippen LogP contribution is 2.43. The van der Waals surface area contributed by atoms with Crippen molar-refractivity contribution in [2.75, 3.05) is 33.3 Å². The van der Waals surface area contributed by atoms with Crippen molar-refractivity contribution in [2.45, 2.75) is 82.5 Å². The van der Waals surface area contributed by atoms with Crippen LogP contribution in [0.25, 0.3) is 10.9 Å². The van der Waals surface area contributed by atoms with E-state index in [-0.39, 0.29) is 54.1 Å². The van der Waals surface area contributed by atoms with E-state index >= 15 is 0 Å². The second-order valence-electron chi connectivity index (χ2n) is 11.5. The third kappa shape index (κ3) is 5.61. The number of likely N-dealkylation sites (tertiary alicyclic amines) is 2. The third-order valence-electron chi connectivity index (χ3n) is 9.24. The van der Waals surface area contributed by atoms with Crippen molar-refractivity contribution in [2.24, 2.45) is 5.92 Å². The van der Waals surface area contributed by atoms with E-state index in [1.165, 1.54) is 12.1 Å². The quantitative estimate of drug-likeness (QED) is 0.411. The molecule has 5 unspecified atom stereocenters. The summed E-state index contributed by atoms with van der Waals surface area (Å²) in [7, 11) is 1.74. The molecule has 3 aliphatic rings. The first kappa shape index (κ1) is 28.5. The zero-order valence-corrected chi connectivity index (χ0v) is 23.7. The number of carbonyl (C=O) groups excluding carboxylic acids is 3. The van der Waals surface area contributed by atoms with Crippen molar-refractivity contribution >= 4 is 28.7 Å². The summed E-state index contributed by atoms with van der Waals surface area (Å²) in [6, 6.07) is 3.55. The van der Waals surface area contributed by atoms with E-state index in [1.807, 2.05) is 11.1 Å². The van der Waals surface area contributed by atoms with Gasteiger partial charge in [-0.1, -0.05) is 19.3 Å². The molecule has 2 aliphatic heterocycles.